The van der Waals surface area contributed by atoms with Gasteiger partial charge in [0.25, 0.3) is 0 Å². The smallest absolute Gasteiger partial charge is 0.305 e. The van der Waals surface area contributed by atoms with Gasteiger partial charge in [-0.15, -0.1) is 0 Å². The van der Waals surface area contributed by atoms with Crippen LogP contribution in [-0.2, 0) is 0 Å². The van der Waals surface area contributed by atoms with Crippen LogP contribution in [0.3, 0.4) is 0 Å². The second-order valence-corrected chi connectivity index (χ2v) is 4.36. The van der Waals surface area contributed by atoms with E-state index < -0.39 is 0 Å². The molecule has 0 saturated heterocycles. The van der Waals surface area contributed by atoms with Crippen molar-refractivity contribution in [2.75, 3.05) is 5.33 Å². The molecule has 0 bridgehead atoms. The van der Waals surface area contributed by atoms with Crippen LogP contribution in [0.1, 0.15) is 10.4 Å². The standard InChI is InChI=1S/C9H6BrNO2S/c10-4-7(12)5-1-2-6-8(3-5)14-9(13)11-6/h1-3H,4H2,(H,11,13). The molecule has 3 nitrogen and oxygen atoms in total. The zero-order valence-electron chi connectivity index (χ0n) is 7.04. The van der Waals surface area contributed by atoms with Crippen LogP contribution in [0, 0.1) is 0 Å². The highest BCUT2D eigenvalue weighted by molar-refractivity contribution is 9.09. The van der Waals surface area contributed by atoms with Crippen molar-refractivity contribution in [3.8, 4) is 0 Å². The summed E-state index contributed by atoms with van der Waals surface area (Å²) >= 11 is 4.22. The molecule has 72 valence electrons. The third-order valence-corrected chi connectivity index (χ3v) is 3.22. The molecular weight excluding hydrogens is 266 g/mol. The summed E-state index contributed by atoms with van der Waals surface area (Å²) in [7, 11) is 0. The topological polar surface area (TPSA) is 49.9 Å². The zero-order valence-corrected chi connectivity index (χ0v) is 9.44. The van der Waals surface area contributed by atoms with Gasteiger partial charge in [-0.05, 0) is 18.2 Å². The van der Waals surface area contributed by atoms with Crippen LogP contribution in [-0.4, -0.2) is 16.1 Å². The van der Waals surface area contributed by atoms with Gasteiger partial charge in [0.1, 0.15) is 0 Å². The van der Waals surface area contributed by atoms with Crippen molar-refractivity contribution in [2.24, 2.45) is 0 Å². The Bertz CT molecular complexity index is 543. The lowest BCUT2D eigenvalue weighted by Crippen LogP contribution is -1.98. The molecule has 0 amide bonds. The maximum atomic E-state index is 11.3. The number of Topliss-reactive ketones (excluding diaryl/α,β-unsaturated/α-hetero) is 1. The van der Waals surface area contributed by atoms with Crippen LogP contribution in [0.4, 0.5) is 0 Å². The van der Waals surface area contributed by atoms with Gasteiger partial charge in [0.15, 0.2) is 5.78 Å². The second-order valence-electron chi connectivity index (χ2n) is 2.78. The molecule has 0 unspecified atom stereocenters. The maximum absolute atomic E-state index is 11.3. The number of H-pyrrole nitrogens is 1. The van der Waals surface area contributed by atoms with Crippen LogP contribution in [0.25, 0.3) is 10.2 Å². The highest BCUT2D eigenvalue weighted by Crippen LogP contribution is 2.16. The van der Waals surface area contributed by atoms with Crippen LogP contribution in [0.2, 0.25) is 0 Å². The third kappa shape index (κ3) is 1.65. The van der Waals surface area contributed by atoms with E-state index in [1.54, 1.807) is 18.2 Å². The van der Waals surface area contributed by atoms with Gasteiger partial charge in [0.05, 0.1) is 15.5 Å². The van der Waals surface area contributed by atoms with Crippen LogP contribution in [0.5, 0.6) is 0 Å². The number of halogens is 1. The normalized spacial score (nSPS) is 10.6. The van der Waals surface area contributed by atoms with E-state index in [0.717, 1.165) is 21.6 Å². The van der Waals surface area contributed by atoms with E-state index in [4.69, 9.17) is 0 Å². The highest BCUT2D eigenvalue weighted by Gasteiger charge is 2.06. The average molecular weight is 272 g/mol. The fraction of sp³-hybridized carbons (Fsp3) is 0.111. The lowest BCUT2D eigenvalue weighted by molar-refractivity contribution is 0.102. The van der Waals surface area contributed by atoms with Crippen molar-refractivity contribution in [3.05, 3.63) is 33.4 Å². The van der Waals surface area contributed by atoms with E-state index in [0.29, 0.717) is 10.9 Å². The maximum Gasteiger partial charge on any atom is 0.305 e. The fourth-order valence-electron chi connectivity index (χ4n) is 1.20. The van der Waals surface area contributed by atoms with Crippen molar-refractivity contribution in [1.29, 1.82) is 0 Å². The molecule has 2 aromatic rings. The van der Waals surface area contributed by atoms with Gasteiger partial charge >= 0.3 is 4.87 Å². The summed E-state index contributed by atoms with van der Waals surface area (Å²) < 4.78 is 0.821. The first-order chi connectivity index (χ1) is 6.70. The number of aromatic nitrogens is 1. The molecule has 0 aliphatic heterocycles. The zero-order chi connectivity index (χ0) is 10.1. The average Bonchev–Trinajstić information content (AvgIpc) is 2.55. The molecule has 5 heteroatoms. The Hall–Kier alpha value is -0.940. The number of rotatable bonds is 2. The number of nitrogens with one attached hydrogen (secondary N) is 1. The van der Waals surface area contributed by atoms with Crippen molar-refractivity contribution in [3.63, 3.8) is 0 Å². The Morgan fingerprint density at radius 1 is 1.50 bits per heavy atom. The number of carbonyl (C=O) groups excluding carboxylic acids is 1. The molecule has 0 fully saturated rings. The Kier molecular flexibility index (Phi) is 2.52. The predicted molar refractivity (Wildman–Crippen MR) is 60.6 cm³/mol. The third-order valence-electron chi connectivity index (χ3n) is 1.86. The molecule has 0 aliphatic carbocycles. The number of alkyl halides is 1. The number of benzene rings is 1. The summed E-state index contributed by atoms with van der Waals surface area (Å²) in [5, 5.41) is 0.303. The Morgan fingerprint density at radius 3 is 3.00 bits per heavy atom. The molecule has 2 rings (SSSR count). The summed E-state index contributed by atoms with van der Waals surface area (Å²) in [5.41, 5.74) is 1.41. The number of thiazole rings is 1. The van der Waals surface area contributed by atoms with E-state index in [2.05, 4.69) is 20.9 Å². The number of fused-ring (bicyclic) bond motifs is 1. The molecule has 1 aromatic heterocycles. The van der Waals surface area contributed by atoms with Gasteiger partial charge in [-0.25, -0.2) is 0 Å². The minimum Gasteiger partial charge on any atom is -0.312 e. The molecule has 0 atom stereocenters. The molecule has 1 N–H and O–H groups in total. The number of carbonyl (C=O) groups is 1. The van der Waals surface area contributed by atoms with Gasteiger partial charge < -0.3 is 4.98 Å². The highest BCUT2D eigenvalue weighted by atomic mass is 79.9. The minimum absolute atomic E-state index is 0.0211. The summed E-state index contributed by atoms with van der Waals surface area (Å²) in [6.07, 6.45) is 0. The summed E-state index contributed by atoms with van der Waals surface area (Å²) in [6.45, 7) is 0. The fourth-order valence-corrected chi connectivity index (χ4v) is 2.30. The number of ketones is 1. The first-order valence-electron chi connectivity index (χ1n) is 3.93. The summed E-state index contributed by atoms with van der Waals surface area (Å²) in [4.78, 5) is 24.9. The van der Waals surface area contributed by atoms with Crippen LogP contribution in [0.15, 0.2) is 23.0 Å². The molecule has 0 aliphatic rings. The number of aromatic amines is 1. The van der Waals surface area contributed by atoms with E-state index in [1.165, 1.54) is 0 Å². The monoisotopic (exact) mass is 271 g/mol. The molecule has 0 saturated carbocycles. The second kappa shape index (κ2) is 3.67. The number of hydrogen-bond acceptors (Lipinski definition) is 3. The Labute approximate surface area is 91.9 Å². The molecule has 0 radical (unpaired) electrons. The molecule has 0 spiro atoms. The molecular formula is C9H6BrNO2S. The van der Waals surface area contributed by atoms with Crippen molar-refractivity contribution >= 4 is 43.3 Å². The lowest BCUT2D eigenvalue weighted by Gasteiger charge is -1.95. The van der Waals surface area contributed by atoms with E-state index in [-0.39, 0.29) is 10.7 Å². The first kappa shape index (κ1) is 9.61. The van der Waals surface area contributed by atoms with Gasteiger partial charge in [-0.2, -0.15) is 0 Å². The summed E-state index contributed by atoms with van der Waals surface area (Å²) in [6, 6.07) is 5.21. The quantitative estimate of drug-likeness (QED) is 0.672. The van der Waals surface area contributed by atoms with E-state index >= 15 is 0 Å². The molecule has 14 heavy (non-hydrogen) atoms. The van der Waals surface area contributed by atoms with Crippen molar-refractivity contribution < 1.29 is 4.79 Å². The lowest BCUT2D eigenvalue weighted by atomic mass is 10.1. The first-order valence-corrected chi connectivity index (χ1v) is 5.86. The van der Waals surface area contributed by atoms with E-state index in [9.17, 15) is 9.59 Å². The van der Waals surface area contributed by atoms with Crippen LogP contribution < -0.4 is 4.87 Å². The molecule has 1 aromatic carbocycles. The van der Waals surface area contributed by atoms with E-state index in [1.807, 2.05) is 0 Å². The van der Waals surface area contributed by atoms with Crippen molar-refractivity contribution in [1.82, 2.24) is 4.98 Å². The van der Waals surface area contributed by atoms with Gasteiger partial charge in [0, 0.05) is 5.56 Å². The molecule has 1 heterocycles. The van der Waals surface area contributed by atoms with Gasteiger partial charge in [0.2, 0.25) is 0 Å². The van der Waals surface area contributed by atoms with Gasteiger partial charge in [-0.1, -0.05) is 27.3 Å². The minimum atomic E-state index is -0.0940. The largest absolute Gasteiger partial charge is 0.312 e. The SMILES string of the molecule is O=C(CBr)c1ccc2[nH]c(=O)sc2c1. The predicted octanol–water partition coefficient (Wildman–Crippen LogP) is 2.17. The Morgan fingerprint density at radius 2 is 2.29 bits per heavy atom. The van der Waals surface area contributed by atoms with Crippen LogP contribution >= 0.6 is 27.3 Å². The van der Waals surface area contributed by atoms with Gasteiger partial charge in [-0.3, -0.25) is 9.59 Å². The number of hydrogen-bond donors (Lipinski definition) is 1. The summed E-state index contributed by atoms with van der Waals surface area (Å²) in [5.74, 6) is 0.0211. The Balaban J connectivity index is 2.61. The van der Waals surface area contributed by atoms with Crippen molar-refractivity contribution in [2.45, 2.75) is 0 Å².